The predicted molar refractivity (Wildman–Crippen MR) is 48.5 cm³/mol. The molecule has 0 atom stereocenters. The quantitative estimate of drug-likeness (QED) is 0.619. The van der Waals surface area contributed by atoms with Crippen molar-refractivity contribution in [3.05, 3.63) is 33.1 Å². The first-order valence-corrected chi connectivity index (χ1v) is 4.07. The number of halogens is 2. The summed E-state index contributed by atoms with van der Waals surface area (Å²) in [4.78, 5) is 13.1. The molecule has 0 aliphatic carbocycles. The Bertz CT molecular complexity index is 470. The molecular formula is C8H6F2N4O2. The van der Waals surface area contributed by atoms with Crippen molar-refractivity contribution in [2.24, 2.45) is 5.73 Å². The number of rotatable bonds is 3. The molecule has 8 heteroatoms. The maximum absolute atomic E-state index is 12.5. The van der Waals surface area contributed by atoms with Crippen molar-refractivity contribution < 1.29 is 13.7 Å². The summed E-state index contributed by atoms with van der Waals surface area (Å²) in [5.74, 6) is 0. The van der Waals surface area contributed by atoms with Crippen LogP contribution in [0.5, 0.6) is 0 Å². The van der Waals surface area contributed by atoms with Gasteiger partial charge in [0, 0.05) is 6.54 Å². The van der Waals surface area contributed by atoms with Crippen molar-refractivity contribution in [3.63, 3.8) is 0 Å². The minimum Gasteiger partial charge on any atom is -0.325 e. The SMILES string of the molecule is N#Cc1cc(C(F)F)c([N+](=O)[O-])c(CN)n1. The minimum atomic E-state index is -3.05. The minimum absolute atomic E-state index is 0.318. The molecule has 0 saturated heterocycles. The first-order valence-electron chi connectivity index (χ1n) is 4.07. The number of nitrogens with two attached hydrogens (primary N) is 1. The molecule has 0 amide bonds. The molecule has 0 saturated carbocycles. The molecule has 0 bridgehead atoms. The lowest BCUT2D eigenvalue weighted by Crippen LogP contribution is -2.09. The molecule has 0 radical (unpaired) electrons. The fourth-order valence-corrected chi connectivity index (χ4v) is 1.19. The van der Waals surface area contributed by atoms with Crippen molar-refractivity contribution in [3.8, 4) is 6.07 Å². The standard InChI is InChI=1S/C8H6F2N4O2/c9-8(10)5-1-4(2-11)13-6(3-12)7(5)14(15)16/h1,8H,3,12H2. The van der Waals surface area contributed by atoms with Gasteiger partial charge < -0.3 is 5.73 Å². The molecule has 0 unspecified atom stereocenters. The van der Waals surface area contributed by atoms with Crippen molar-refractivity contribution >= 4 is 5.69 Å². The first kappa shape index (κ1) is 11.9. The van der Waals surface area contributed by atoms with E-state index in [4.69, 9.17) is 11.0 Å². The second-order valence-corrected chi connectivity index (χ2v) is 2.77. The maximum Gasteiger partial charge on any atom is 0.301 e. The van der Waals surface area contributed by atoms with Gasteiger partial charge in [-0.15, -0.1) is 0 Å². The second kappa shape index (κ2) is 4.59. The highest BCUT2D eigenvalue weighted by Gasteiger charge is 2.27. The smallest absolute Gasteiger partial charge is 0.301 e. The van der Waals surface area contributed by atoms with Gasteiger partial charge in [0.15, 0.2) is 0 Å². The topological polar surface area (TPSA) is 106 Å². The Hall–Kier alpha value is -2.14. The van der Waals surface area contributed by atoms with Crippen LogP contribution in [0.3, 0.4) is 0 Å². The molecule has 16 heavy (non-hydrogen) atoms. The van der Waals surface area contributed by atoms with Gasteiger partial charge in [-0.1, -0.05) is 0 Å². The van der Waals surface area contributed by atoms with E-state index in [1.54, 1.807) is 6.07 Å². The van der Waals surface area contributed by atoms with E-state index in [2.05, 4.69) is 4.98 Å². The first-order chi connectivity index (χ1) is 7.51. The van der Waals surface area contributed by atoms with Crippen LogP contribution >= 0.6 is 0 Å². The van der Waals surface area contributed by atoms with E-state index < -0.39 is 22.6 Å². The van der Waals surface area contributed by atoms with Gasteiger partial charge >= 0.3 is 5.69 Å². The molecule has 0 spiro atoms. The highest BCUT2D eigenvalue weighted by molar-refractivity contribution is 5.48. The molecule has 6 nitrogen and oxygen atoms in total. The normalized spacial score (nSPS) is 10.2. The number of nitriles is 1. The van der Waals surface area contributed by atoms with Crippen molar-refractivity contribution in [2.45, 2.75) is 13.0 Å². The zero-order chi connectivity index (χ0) is 12.3. The predicted octanol–water partition coefficient (Wildman–Crippen LogP) is 1.26. The van der Waals surface area contributed by atoms with E-state index in [1.165, 1.54) is 0 Å². The third kappa shape index (κ3) is 2.09. The number of aromatic nitrogens is 1. The van der Waals surface area contributed by atoms with E-state index in [9.17, 15) is 18.9 Å². The van der Waals surface area contributed by atoms with Gasteiger partial charge in [0.05, 0.1) is 4.92 Å². The summed E-state index contributed by atoms with van der Waals surface area (Å²) < 4.78 is 25.1. The Labute approximate surface area is 88.5 Å². The Morgan fingerprint density at radius 1 is 1.69 bits per heavy atom. The number of pyridine rings is 1. The van der Waals surface area contributed by atoms with E-state index in [0.29, 0.717) is 6.07 Å². The highest BCUT2D eigenvalue weighted by Crippen LogP contribution is 2.31. The molecule has 1 aromatic rings. The van der Waals surface area contributed by atoms with Crippen LogP contribution in [0.4, 0.5) is 14.5 Å². The van der Waals surface area contributed by atoms with Gasteiger partial charge in [0.1, 0.15) is 23.0 Å². The van der Waals surface area contributed by atoms with Gasteiger partial charge in [0.2, 0.25) is 0 Å². The van der Waals surface area contributed by atoms with E-state index in [0.717, 1.165) is 0 Å². The van der Waals surface area contributed by atoms with E-state index in [-0.39, 0.29) is 17.9 Å². The van der Waals surface area contributed by atoms with Crippen molar-refractivity contribution in [1.29, 1.82) is 5.26 Å². The van der Waals surface area contributed by atoms with E-state index in [1.807, 2.05) is 0 Å². The molecule has 84 valence electrons. The third-order valence-corrected chi connectivity index (χ3v) is 1.82. The largest absolute Gasteiger partial charge is 0.325 e. The van der Waals surface area contributed by atoms with Crippen LogP contribution in [0.25, 0.3) is 0 Å². The molecule has 0 aliphatic rings. The van der Waals surface area contributed by atoms with Crippen LogP contribution in [0.2, 0.25) is 0 Å². The van der Waals surface area contributed by atoms with Crippen molar-refractivity contribution in [1.82, 2.24) is 4.98 Å². The summed E-state index contributed by atoms with van der Waals surface area (Å²) in [6.45, 7) is -0.383. The molecule has 0 aliphatic heterocycles. The maximum atomic E-state index is 12.5. The van der Waals surface area contributed by atoms with Gasteiger partial charge in [0.25, 0.3) is 6.43 Å². The lowest BCUT2D eigenvalue weighted by atomic mass is 10.1. The summed E-state index contributed by atoms with van der Waals surface area (Å²) in [6.07, 6.45) is -3.05. The highest BCUT2D eigenvalue weighted by atomic mass is 19.3. The van der Waals surface area contributed by atoms with Gasteiger partial charge in [-0.2, -0.15) is 5.26 Å². The molecule has 1 aromatic heterocycles. The second-order valence-electron chi connectivity index (χ2n) is 2.77. The summed E-state index contributed by atoms with van der Waals surface area (Å²) in [6, 6.07) is 2.24. The van der Waals surface area contributed by atoms with Crippen molar-refractivity contribution in [2.75, 3.05) is 0 Å². The van der Waals surface area contributed by atoms with Crippen LogP contribution in [-0.2, 0) is 6.54 Å². The number of hydrogen-bond acceptors (Lipinski definition) is 5. The zero-order valence-corrected chi connectivity index (χ0v) is 7.85. The third-order valence-electron chi connectivity index (χ3n) is 1.82. The lowest BCUT2D eigenvalue weighted by Gasteiger charge is -2.05. The summed E-state index contributed by atoms with van der Waals surface area (Å²) in [5, 5.41) is 19.1. The fourth-order valence-electron chi connectivity index (χ4n) is 1.19. The fraction of sp³-hybridized carbons (Fsp3) is 0.250. The number of nitrogens with zero attached hydrogens (tertiary/aromatic N) is 3. The van der Waals surface area contributed by atoms with Gasteiger partial charge in [-0.25, -0.2) is 13.8 Å². The average molecular weight is 228 g/mol. The Balaban J connectivity index is 3.55. The van der Waals surface area contributed by atoms with Gasteiger partial charge in [-0.05, 0) is 6.07 Å². The Kier molecular flexibility index (Phi) is 3.42. The number of alkyl halides is 2. The van der Waals surface area contributed by atoms with E-state index >= 15 is 0 Å². The number of nitro groups is 1. The summed E-state index contributed by atoms with van der Waals surface area (Å²) >= 11 is 0. The zero-order valence-electron chi connectivity index (χ0n) is 7.85. The molecular weight excluding hydrogens is 222 g/mol. The molecule has 0 aromatic carbocycles. The molecule has 2 N–H and O–H groups in total. The summed E-state index contributed by atoms with van der Waals surface area (Å²) in [5.41, 5.74) is 2.86. The molecule has 1 heterocycles. The Morgan fingerprint density at radius 3 is 2.69 bits per heavy atom. The monoisotopic (exact) mass is 228 g/mol. The van der Waals surface area contributed by atoms with Crippen LogP contribution in [-0.4, -0.2) is 9.91 Å². The van der Waals surface area contributed by atoms with Gasteiger partial charge in [-0.3, -0.25) is 10.1 Å². The summed E-state index contributed by atoms with van der Waals surface area (Å²) in [7, 11) is 0. The average Bonchev–Trinajstić information content (AvgIpc) is 2.26. The van der Waals surface area contributed by atoms with Crippen LogP contribution < -0.4 is 5.73 Å². The van der Waals surface area contributed by atoms with Crippen LogP contribution in [0, 0.1) is 21.4 Å². The Morgan fingerprint density at radius 2 is 2.31 bits per heavy atom. The lowest BCUT2D eigenvalue weighted by molar-refractivity contribution is -0.387. The van der Waals surface area contributed by atoms with Crippen LogP contribution in [0.15, 0.2) is 6.07 Å². The number of hydrogen-bond donors (Lipinski definition) is 1. The van der Waals surface area contributed by atoms with Crippen LogP contribution in [0.1, 0.15) is 23.4 Å². The molecule has 1 rings (SSSR count). The molecule has 0 fully saturated rings.